The topological polar surface area (TPSA) is 96.4 Å². The number of rotatable bonds is 9. The fourth-order valence-corrected chi connectivity index (χ4v) is 5.90. The normalized spacial score (nSPS) is 33.4. The van der Waals surface area contributed by atoms with Crippen LogP contribution in [0.2, 0.25) is 0 Å². The van der Waals surface area contributed by atoms with Crippen molar-refractivity contribution in [1.82, 2.24) is 9.80 Å². The Balaban J connectivity index is 2.07. The first kappa shape index (κ1) is 24.7. The number of fused-ring (bicyclic) bond motifs is 1. The number of carbonyl (C=O) groups excluding carboxylic acids is 3. The molecule has 2 bridgehead atoms. The van der Waals surface area contributed by atoms with Crippen LogP contribution in [0.4, 0.5) is 0 Å². The Kier molecular flexibility index (Phi) is 6.78. The number of nitrogens with zero attached hydrogens (tertiary/aromatic N) is 2. The Bertz CT molecular complexity index is 777. The first-order valence-electron chi connectivity index (χ1n) is 11.7. The summed E-state index contributed by atoms with van der Waals surface area (Å²) in [6.07, 6.45) is 3.90. The second-order valence-corrected chi connectivity index (χ2v) is 10.4. The average molecular weight is 451 g/mol. The molecule has 2 amide bonds. The molecule has 5 atom stereocenters. The molecule has 0 aromatic carbocycles. The summed E-state index contributed by atoms with van der Waals surface area (Å²) in [5.74, 6) is -2.32. The van der Waals surface area contributed by atoms with Crippen LogP contribution in [-0.4, -0.2) is 81.8 Å². The minimum atomic E-state index is -1.05. The number of carbonyl (C=O) groups is 3. The van der Waals surface area contributed by atoms with E-state index in [4.69, 9.17) is 9.47 Å². The number of hydrogen-bond acceptors (Lipinski definition) is 6. The SMILES string of the molecule is C=CCN(C(=O)C1N(CCCCO)C(=O)[C@@H]2[C@H](C(=O)OCC)[C@]3(C)CCC12O3)C(C)(C)C. The van der Waals surface area contributed by atoms with Crippen molar-refractivity contribution in [2.75, 3.05) is 26.3 Å². The third-order valence-corrected chi connectivity index (χ3v) is 7.25. The summed E-state index contributed by atoms with van der Waals surface area (Å²) in [6, 6.07) is -0.820. The lowest BCUT2D eigenvalue weighted by atomic mass is 9.66. The lowest BCUT2D eigenvalue weighted by molar-refractivity contribution is -0.160. The zero-order valence-corrected chi connectivity index (χ0v) is 20.1. The number of aliphatic hydroxyl groups excluding tert-OH is 1. The van der Waals surface area contributed by atoms with E-state index in [0.717, 1.165) is 0 Å². The van der Waals surface area contributed by atoms with E-state index in [1.807, 2.05) is 27.7 Å². The van der Waals surface area contributed by atoms with Gasteiger partial charge in [-0.15, -0.1) is 6.58 Å². The highest BCUT2D eigenvalue weighted by Gasteiger charge is 2.78. The molecular weight excluding hydrogens is 412 g/mol. The van der Waals surface area contributed by atoms with Crippen molar-refractivity contribution < 1.29 is 29.0 Å². The number of hydrogen-bond donors (Lipinski definition) is 1. The molecule has 3 saturated heterocycles. The summed E-state index contributed by atoms with van der Waals surface area (Å²) >= 11 is 0. The number of likely N-dealkylation sites (tertiary alicyclic amines) is 1. The van der Waals surface area contributed by atoms with Gasteiger partial charge >= 0.3 is 5.97 Å². The van der Waals surface area contributed by atoms with Gasteiger partial charge in [0.25, 0.3) is 0 Å². The van der Waals surface area contributed by atoms with E-state index in [-0.39, 0.29) is 25.0 Å². The maximum Gasteiger partial charge on any atom is 0.312 e. The molecule has 0 aromatic heterocycles. The number of amides is 2. The summed E-state index contributed by atoms with van der Waals surface area (Å²) < 4.78 is 11.9. The van der Waals surface area contributed by atoms with E-state index in [9.17, 15) is 19.5 Å². The van der Waals surface area contributed by atoms with E-state index in [2.05, 4.69) is 6.58 Å². The fraction of sp³-hybridized carbons (Fsp3) is 0.792. The monoisotopic (exact) mass is 450 g/mol. The van der Waals surface area contributed by atoms with Crippen LogP contribution in [0.5, 0.6) is 0 Å². The van der Waals surface area contributed by atoms with Crippen LogP contribution in [0.1, 0.15) is 60.3 Å². The maximum absolute atomic E-state index is 14.0. The van der Waals surface area contributed by atoms with Crippen LogP contribution in [-0.2, 0) is 23.9 Å². The third-order valence-electron chi connectivity index (χ3n) is 7.25. The molecule has 1 spiro atoms. The highest BCUT2D eigenvalue weighted by atomic mass is 16.6. The van der Waals surface area contributed by atoms with Crippen LogP contribution in [0.25, 0.3) is 0 Å². The average Bonchev–Trinajstić information content (AvgIpc) is 3.26. The number of esters is 1. The first-order chi connectivity index (χ1) is 15.0. The number of ether oxygens (including phenoxy) is 2. The van der Waals surface area contributed by atoms with Crippen molar-refractivity contribution in [3.63, 3.8) is 0 Å². The molecule has 3 heterocycles. The Morgan fingerprint density at radius 2 is 2.03 bits per heavy atom. The van der Waals surface area contributed by atoms with Gasteiger partial charge in [0.05, 0.1) is 18.1 Å². The van der Waals surface area contributed by atoms with Crippen molar-refractivity contribution in [3.8, 4) is 0 Å². The molecule has 3 rings (SSSR count). The standard InChI is InChI=1S/C24H38N2O6/c1-7-13-26(22(3,4)5)20(29)18-24-12-11-23(6,32-24)17(21(30)31-8-2)16(24)19(28)25(18)14-9-10-15-27/h7,16-18,27H,1,8-15H2,2-6H3/t16-,17+,18?,23-,24?/m0/s1. The predicted molar refractivity (Wildman–Crippen MR) is 119 cm³/mol. The molecule has 0 saturated carbocycles. The van der Waals surface area contributed by atoms with E-state index in [0.29, 0.717) is 38.8 Å². The largest absolute Gasteiger partial charge is 0.466 e. The van der Waals surface area contributed by atoms with Gasteiger partial charge in [-0.3, -0.25) is 14.4 Å². The summed E-state index contributed by atoms with van der Waals surface area (Å²) in [5.41, 5.74) is -2.36. The Labute approximate surface area is 190 Å². The van der Waals surface area contributed by atoms with Crippen LogP contribution >= 0.6 is 0 Å². The molecular formula is C24H38N2O6. The predicted octanol–water partition coefficient (Wildman–Crippen LogP) is 1.90. The third kappa shape index (κ3) is 3.75. The van der Waals surface area contributed by atoms with Gasteiger partial charge in [-0.1, -0.05) is 6.08 Å². The lowest BCUT2D eigenvalue weighted by Crippen LogP contribution is -2.60. The van der Waals surface area contributed by atoms with E-state index in [1.54, 1.807) is 22.8 Å². The second-order valence-electron chi connectivity index (χ2n) is 10.4. The van der Waals surface area contributed by atoms with Crippen LogP contribution in [0.3, 0.4) is 0 Å². The molecule has 32 heavy (non-hydrogen) atoms. The minimum absolute atomic E-state index is 0.0137. The smallest absolute Gasteiger partial charge is 0.312 e. The van der Waals surface area contributed by atoms with Crippen molar-refractivity contribution in [2.45, 2.75) is 83.1 Å². The van der Waals surface area contributed by atoms with Crippen molar-refractivity contribution in [2.24, 2.45) is 11.8 Å². The molecule has 0 aliphatic carbocycles. The zero-order valence-electron chi connectivity index (χ0n) is 20.1. The van der Waals surface area contributed by atoms with E-state index < -0.39 is 40.6 Å². The Morgan fingerprint density at radius 3 is 2.59 bits per heavy atom. The van der Waals surface area contributed by atoms with Gasteiger partial charge in [0.2, 0.25) is 11.8 Å². The van der Waals surface area contributed by atoms with Crippen molar-refractivity contribution in [1.29, 1.82) is 0 Å². The molecule has 0 aromatic rings. The van der Waals surface area contributed by atoms with Gasteiger partial charge in [0, 0.05) is 25.2 Å². The van der Waals surface area contributed by atoms with Crippen LogP contribution in [0.15, 0.2) is 12.7 Å². The van der Waals surface area contributed by atoms with Gasteiger partial charge in [0.15, 0.2) is 0 Å². The molecule has 2 unspecified atom stereocenters. The van der Waals surface area contributed by atoms with Crippen molar-refractivity contribution in [3.05, 3.63) is 12.7 Å². The highest BCUT2D eigenvalue weighted by Crippen LogP contribution is 2.63. The Hall–Kier alpha value is -1.93. The van der Waals surface area contributed by atoms with Gasteiger partial charge < -0.3 is 24.4 Å². The van der Waals surface area contributed by atoms with Gasteiger partial charge in [-0.25, -0.2) is 0 Å². The Morgan fingerprint density at radius 1 is 1.34 bits per heavy atom. The summed E-state index contributed by atoms with van der Waals surface area (Å²) in [7, 11) is 0. The second kappa shape index (κ2) is 8.78. The molecule has 8 nitrogen and oxygen atoms in total. The molecule has 8 heteroatoms. The fourth-order valence-electron chi connectivity index (χ4n) is 5.90. The molecule has 180 valence electrons. The van der Waals surface area contributed by atoms with Crippen LogP contribution < -0.4 is 0 Å². The summed E-state index contributed by atoms with van der Waals surface area (Å²) in [6.45, 7) is 14.2. The van der Waals surface area contributed by atoms with E-state index >= 15 is 0 Å². The molecule has 3 aliphatic heterocycles. The molecule has 3 aliphatic rings. The molecule has 0 radical (unpaired) electrons. The van der Waals surface area contributed by atoms with Crippen molar-refractivity contribution >= 4 is 17.8 Å². The quantitative estimate of drug-likeness (QED) is 0.327. The minimum Gasteiger partial charge on any atom is -0.466 e. The number of unbranched alkanes of at least 4 members (excludes halogenated alkanes) is 1. The maximum atomic E-state index is 14.0. The zero-order chi connectivity index (χ0) is 23.9. The first-order valence-corrected chi connectivity index (χ1v) is 11.7. The van der Waals surface area contributed by atoms with Gasteiger partial charge in [-0.05, 0) is 60.3 Å². The van der Waals surface area contributed by atoms with E-state index in [1.165, 1.54) is 0 Å². The lowest BCUT2D eigenvalue weighted by Gasteiger charge is -2.42. The summed E-state index contributed by atoms with van der Waals surface area (Å²) in [5, 5.41) is 9.24. The molecule has 1 N–H and O–H groups in total. The number of aliphatic hydroxyl groups is 1. The highest BCUT2D eigenvalue weighted by molar-refractivity contribution is 5.98. The van der Waals surface area contributed by atoms with Gasteiger partial charge in [-0.2, -0.15) is 0 Å². The van der Waals surface area contributed by atoms with Crippen LogP contribution in [0, 0.1) is 11.8 Å². The molecule has 3 fully saturated rings. The van der Waals surface area contributed by atoms with Gasteiger partial charge in [0.1, 0.15) is 17.6 Å². The summed E-state index contributed by atoms with van der Waals surface area (Å²) in [4.78, 5) is 44.1.